The van der Waals surface area contributed by atoms with Gasteiger partial charge < -0.3 is 19.3 Å². The van der Waals surface area contributed by atoms with Gasteiger partial charge in [0.2, 0.25) is 5.91 Å². The Morgan fingerprint density at radius 2 is 2.03 bits per heavy atom. The van der Waals surface area contributed by atoms with Gasteiger partial charge in [-0.05, 0) is 49.4 Å². The van der Waals surface area contributed by atoms with E-state index < -0.39 is 28.0 Å². The molecule has 2 aliphatic rings. The fourth-order valence-corrected chi connectivity index (χ4v) is 5.25. The van der Waals surface area contributed by atoms with Gasteiger partial charge in [-0.2, -0.15) is 0 Å². The van der Waals surface area contributed by atoms with Gasteiger partial charge in [0.25, 0.3) is 5.69 Å². The molecular formula is C20H25N3O7S. The first-order chi connectivity index (χ1) is 14.7. The second-order valence-corrected chi connectivity index (χ2v) is 9.31. The second-order valence-electron chi connectivity index (χ2n) is 7.72. The Labute approximate surface area is 182 Å². The number of nitro benzene ring substituents is 1. The van der Waals surface area contributed by atoms with Crippen LogP contribution < -0.4 is 0 Å². The summed E-state index contributed by atoms with van der Waals surface area (Å²) in [7, 11) is 3.71. The first-order valence-corrected chi connectivity index (χ1v) is 11.2. The van der Waals surface area contributed by atoms with Crippen LogP contribution in [-0.4, -0.2) is 75.3 Å². The summed E-state index contributed by atoms with van der Waals surface area (Å²) in [5.41, 5.74) is 0.511. The third-order valence-corrected chi connectivity index (χ3v) is 6.86. The van der Waals surface area contributed by atoms with Gasteiger partial charge in [-0.15, -0.1) is 0 Å². The van der Waals surface area contributed by atoms with Crippen molar-refractivity contribution in [1.82, 2.24) is 9.80 Å². The SMILES string of the molecule is CN(C)CC[S+]([O-])C1=C(C(=O)OCc2ccc([N+](=O)[O-])cc2)N2C(=O)C(CCO)C2C1. The second kappa shape index (κ2) is 9.77. The standard InChI is InChI=1S/C20H25N3O7S/c1-21(2)8-10-31(29)17-11-16-15(7-9-24)19(25)22(16)18(17)20(26)30-12-13-3-5-14(6-4-13)23(27)28/h3-6,15-16,24H,7-12H2,1-2H3. The number of nitro groups is 1. The van der Waals surface area contributed by atoms with E-state index >= 15 is 0 Å². The number of benzene rings is 1. The van der Waals surface area contributed by atoms with Gasteiger partial charge in [0.1, 0.15) is 12.4 Å². The number of amides is 1. The third-order valence-electron chi connectivity index (χ3n) is 5.40. The normalized spacial score (nSPS) is 21.2. The lowest BCUT2D eigenvalue weighted by Crippen LogP contribution is -2.58. The number of hydrogen-bond donors (Lipinski definition) is 1. The van der Waals surface area contributed by atoms with Gasteiger partial charge >= 0.3 is 5.97 Å². The van der Waals surface area contributed by atoms with Gasteiger partial charge in [-0.1, -0.05) is 0 Å². The summed E-state index contributed by atoms with van der Waals surface area (Å²) in [4.78, 5) is 39.3. The minimum atomic E-state index is -1.45. The van der Waals surface area contributed by atoms with Crippen LogP contribution in [0.2, 0.25) is 0 Å². The van der Waals surface area contributed by atoms with Crippen LogP contribution in [0.1, 0.15) is 18.4 Å². The van der Waals surface area contributed by atoms with Crippen LogP contribution in [-0.2, 0) is 32.1 Å². The van der Waals surface area contributed by atoms with E-state index in [1.807, 2.05) is 19.0 Å². The van der Waals surface area contributed by atoms with Crippen molar-refractivity contribution in [1.29, 1.82) is 0 Å². The Hall–Kier alpha value is -2.47. The molecule has 0 radical (unpaired) electrons. The number of carbonyl (C=O) groups excluding carboxylic acids is 2. The number of nitrogens with zero attached hydrogens (tertiary/aromatic N) is 3. The van der Waals surface area contributed by atoms with Crippen molar-refractivity contribution in [3.05, 3.63) is 50.5 Å². The molecule has 2 aliphatic heterocycles. The Bertz CT molecular complexity index is 887. The van der Waals surface area contributed by atoms with Crippen molar-refractivity contribution < 1.29 is 28.9 Å². The lowest BCUT2D eigenvalue weighted by atomic mass is 9.85. The molecule has 1 amide bonds. The highest BCUT2D eigenvalue weighted by molar-refractivity contribution is 7.95. The number of aliphatic hydroxyl groups is 1. The van der Waals surface area contributed by atoms with E-state index in [-0.39, 0.29) is 36.5 Å². The monoisotopic (exact) mass is 451 g/mol. The molecular weight excluding hydrogens is 426 g/mol. The molecule has 3 rings (SSSR count). The number of aliphatic hydroxyl groups excluding tert-OH is 1. The summed E-state index contributed by atoms with van der Waals surface area (Å²) in [6.45, 7) is 0.282. The molecule has 0 spiro atoms. The van der Waals surface area contributed by atoms with Gasteiger partial charge in [-0.25, -0.2) is 4.79 Å². The molecule has 1 aromatic rings. The number of hydrogen-bond acceptors (Lipinski definition) is 8. The van der Waals surface area contributed by atoms with E-state index in [1.54, 1.807) is 0 Å². The number of β-lactam (4-membered cyclic amide) rings is 1. The Kier molecular flexibility index (Phi) is 7.31. The molecule has 0 saturated carbocycles. The van der Waals surface area contributed by atoms with Crippen molar-refractivity contribution >= 4 is 28.7 Å². The minimum absolute atomic E-state index is 0.0307. The number of non-ortho nitro benzene ring substituents is 1. The molecule has 0 aliphatic carbocycles. The molecule has 0 aromatic heterocycles. The summed E-state index contributed by atoms with van der Waals surface area (Å²) in [5.74, 6) is -1.10. The molecule has 0 bridgehead atoms. The van der Waals surface area contributed by atoms with Crippen LogP contribution in [0.5, 0.6) is 0 Å². The lowest BCUT2D eigenvalue weighted by molar-refractivity contribution is -0.384. The van der Waals surface area contributed by atoms with E-state index in [4.69, 9.17) is 4.74 Å². The zero-order valence-electron chi connectivity index (χ0n) is 17.4. The highest BCUT2D eigenvalue weighted by Crippen LogP contribution is 2.45. The van der Waals surface area contributed by atoms with Gasteiger partial charge in [0, 0.05) is 31.7 Å². The Morgan fingerprint density at radius 3 is 2.61 bits per heavy atom. The topological polar surface area (TPSA) is 136 Å². The van der Waals surface area contributed by atoms with Gasteiger partial charge in [0.05, 0.1) is 16.9 Å². The number of fused-ring (bicyclic) bond motifs is 1. The van der Waals surface area contributed by atoms with E-state index in [9.17, 15) is 29.4 Å². The predicted molar refractivity (Wildman–Crippen MR) is 112 cm³/mol. The maximum atomic E-state index is 12.9. The van der Waals surface area contributed by atoms with E-state index in [2.05, 4.69) is 0 Å². The molecule has 1 saturated heterocycles. The highest BCUT2D eigenvalue weighted by Gasteiger charge is 2.57. The molecule has 10 nitrogen and oxygen atoms in total. The zero-order chi connectivity index (χ0) is 22.7. The highest BCUT2D eigenvalue weighted by atomic mass is 32.2. The van der Waals surface area contributed by atoms with Crippen LogP contribution >= 0.6 is 0 Å². The van der Waals surface area contributed by atoms with Crippen LogP contribution in [0.15, 0.2) is 34.9 Å². The maximum Gasteiger partial charge on any atom is 0.360 e. The van der Waals surface area contributed by atoms with E-state index in [0.29, 0.717) is 35.6 Å². The van der Waals surface area contributed by atoms with Crippen LogP contribution in [0.3, 0.4) is 0 Å². The van der Waals surface area contributed by atoms with Crippen LogP contribution in [0.4, 0.5) is 5.69 Å². The maximum absolute atomic E-state index is 12.9. The summed E-state index contributed by atoms with van der Waals surface area (Å²) >= 11 is -1.45. The van der Waals surface area contributed by atoms with Crippen molar-refractivity contribution in [3.63, 3.8) is 0 Å². The molecule has 168 valence electrons. The van der Waals surface area contributed by atoms with Crippen molar-refractivity contribution in [2.45, 2.75) is 25.5 Å². The average Bonchev–Trinajstić information content (AvgIpc) is 3.10. The lowest BCUT2D eigenvalue weighted by Gasteiger charge is -2.42. The van der Waals surface area contributed by atoms with Gasteiger partial charge in [-0.3, -0.25) is 19.8 Å². The number of carbonyl (C=O) groups is 2. The summed E-state index contributed by atoms with van der Waals surface area (Å²) < 4.78 is 18.3. The molecule has 31 heavy (non-hydrogen) atoms. The summed E-state index contributed by atoms with van der Waals surface area (Å²) in [6.07, 6.45) is 0.612. The zero-order valence-corrected chi connectivity index (χ0v) is 18.2. The molecule has 2 heterocycles. The third kappa shape index (κ3) is 4.90. The quantitative estimate of drug-likeness (QED) is 0.181. The number of ether oxygens (including phenoxy) is 1. The minimum Gasteiger partial charge on any atom is -0.612 e. The van der Waals surface area contributed by atoms with E-state index in [1.165, 1.54) is 29.2 Å². The smallest absolute Gasteiger partial charge is 0.360 e. The van der Waals surface area contributed by atoms with Crippen molar-refractivity contribution in [3.8, 4) is 0 Å². The van der Waals surface area contributed by atoms with E-state index in [0.717, 1.165) is 0 Å². The molecule has 1 N–H and O–H groups in total. The van der Waals surface area contributed by atoms with Crippen LogP contribution in [0, 0.1) is 16.0 Å². The first kappa shape index (κ1) is 23.2. The molecule has 3 atom stereocenters. The molecule has 1 aromatic carbocycles. The average molecular weight is 452 g/mol. The Balaban J connectivity index is 1.75. The molecule has 1 fully saturated rings. The number of esters is 1. The fraction of sp³-hybridized carbons (Fsp3) is 0.500. The Morgan fingerprint density at radius 1 is 1.35 bits per heavy atom. The fourth-order valence-electron chi connectivity index (χ4n) is 3.72. The van der Waals surface area contributed by atoms with Crippen LogP contribution in [0.25, 0.3) is 0 Å². The molecule has 3 unspecified atom stereocenters. The number of rotatable bonds is 10. The van der Waals surface area contributed by atoms with Gasteiger partial charge in [0.15, 0.2) is 10.6 Å². The molecule has 11 heteroatoms. The summed E-state index contributed by atoms with van der Waals surface area (Å²) in [6, 6.07) is 5.31. The van der Waals surface area contributed by atoms with Crippen molar-refractivity contribution in [2.75, 3.05) is 33.0 Å². The van der Waals surface area contributed by atoms with Crippen molar-refractivity contribution in [2.24, 2.45) is 5.92 Å². The summed E-state index contributed by atoms with van der Waals surface area (Å²) in [5, 5.41) is 20.0. The largest absolute Gasteiger partial charge is 0.612 e. The predicted octanol–water partition coefficient (Wildman–Crippen LogP) is 0.773. The first-order valence-electron chi connectivity index (χ1n) is 9.85.